The Morgan fingerprint density at radius 1 is 0.383 bits per heavy atom. The molecule has 60 heavy (non-hydrogen) atoms. The van der Waals surface area contributed by atoms with Gasteiger partial charge in [0.25, 0.3) is 0 Å². The van der Waals surface area contributed by atoms with E-state index in [2.05, 4.69) is 179 Å². The van der Waals surface area contributed by atoms with Crippen molar-refractivity contribution >= 4 is 86.2 Å². The molecule has 4 aromatic heterocycles. The van der Waals surface area contributed by atoms with Crippen LogP contribution in [0, 0.1) is 0 Å². The summed E-state index contributed by atoms with van der Waals surface area (Å²) in [6.07, 6.45) is 0. The number of benzene rings is 9. The Kier molecular flexibility index (Phi) is 7.14. The zero-order chi connectivity index (χ0) is 39.3. The van der Waals surface area contributed by atoms with E-state index in [1.54, 1.807) is 0 Å². The fraction of sp³-hybridized carbons (Fsp3) is 0. The van der Waals surface area contributed by atoms with Crippen molar-refractivity contribution in [1.82, 2.24) is 14.1 Å². The maximum Gasteiger partial charge on any atom is 0.227 e. The van der Waals surface area contributed by atoms with Crippen LogP contribution in [0.1, 0.15) is 0 Å². The average molecular weight is 784 g/mol. The van der Waals surface area contributed by atoms with Crippen LogP contribution in [0.25, 0.3) is 120 Å². The van der Waals surface area contributed by atoms with Gasteiger partial charge in [-0.3, -0.25) is 0 Å². The van der Waals surface area contributed by atoms with Gasteiger partial charge in [0, 0.05) is 64.2 Å². The molecule has 4 nitrogen and oxygen atoms in total. The summed E-state index contributed by atoms with van der Waals surface area (Å²) in [6.45, 7) is 0. The topological polar surface area (TPSA) is 35.9 Å². The third-order valence-electron chi connectivity index (χ3n) is 12.1. The van der Waals surface area contributed by atoms with Crippen molar-refractivity contribution in [3.63, 3.8) is 0 Å². The summed E-state index contributed by atoms with van der Waals surface area (Å²) in [5.74, 6) is 0.618. The second-order valence-electron chi connectivity index (χ2n) is 15.5. The summed E-state index contributed by atoms with van der Waals surface area (Å²) in [5, 5.41) is 7.35. The molecule has 0 aliphatic heterocycles. The van der Waals surface area contributed by atoms with Gasteiger partial charge in [-0.05, 0) is 102 Å². The second-order valence-corrected chi connectivity index (χ2v) is 16.6. The van der Waals surface area contributed by atoms with E-state index in [0.717, 1.165) is 55.4 Å². The molecule has 0 bridgehead atoms. The first-order chi connectivity index (χ1) is 29.7. The largest absolute Gasteiger partial charge is 0.434 e. The Morgan fingerprint density at radius 3 is 1.92 bits per heavy atom. The third kappa shape index (κ3) is 4.93. The van der Waals surface area contributed by atoms with Crippen LogP contribution < -0.4 is 0 Å². The lowest BCUT2D eigenvalue weighted by Crippen LogP contribution is -1.96. The fourth-order valence-electron chi connectivity index (χ4n) is 9.45. The predicted octanol–water partition coefficient (Wildman–Crippen LogP) is 15.4. The monoisotopic (exact) mass is 783 g/mol. The van der Waals surface area contributed by atoms with E-state index in [-0.39, 0.29) is 0 Å². The van der Waals surface area contributed by atoms with Gasteiger partial charge in [0.2, 0.25) is 5.89 Å². The summed E-state index contributed by atoms with van der Waals surface area (Å²) in [5.41, 5.74) is 14.0. The zero-order valence-corrected chi connectivity index (χ0v) is 33.0. The highest BCUT2D eigenvalue weighted by atomic mass is 32.1. The van der Waals surface area contributed by atoms with Gasteiger partial charge >= 0.3 is 0 Å². The van der Waals surface area contributed by atoms with Gasteiger partial charge in [-0.2, -0.15) is 0 Å². The first kappa shape index (κ1) is 33.3. The van der Waals surface area contributed by atoms with E-state index >= 15 is 0 Å². The lowest BCUT2D eigenvalue weighted by atomic mass is 9.99. The Bertz CT molecular complexity index is 3830. The first-order valence-electron chi connectivity index (χ1n) is 20.3. The van der Waals surface area contributed by atoms with Gasteiger partial charge in [0.05, 0.1) is 22.1 Å². The minimum Gasteiger partial charge on any atom is -0.434 e. The predicted molar refractivity (Wildman–Crippen MR) is 252 cm³/mol. The fourth-order valence-corrected chi connectivity index (χ4v) is 10.5. The molecule has 4 heterocycles. The molecule has 13 aromatic rings. The molecule has 0 atom stereocenters. The Labute approximate surface area is 348 Å². The molecule has 0 aliphatic rings. The van der Waals surface area contributed by atoms with Crippen LogP contribution in [0.3, 0.4) is 0 Å². The molecule has 0 saturated heterocycles. The lowest BCUT2D eigenvalue weighted by Gasteiger charge is -2.14. The maximum atomic E-state index is 6.67. The molecule has 0 amide bonds. The van der Waals surface area contributed by atoms with Crippen LogP contribution in [-0.2, 0) is 0 Å². The van der Waals surface area contributed by atoms with Gasteiger partial charge in [0.15, 0.2) is 5.58 Å². The van der Waals surface area contributed by atoms with E-state index in [1.807, 2.05) is 41.7 Å². The van der Waals surface area contributed by atoms with Crippen molar-refractivity contribution in [3.8, 4) is 45.1 Å². The number of aromatic nitrogens is 3. The van der Waals surface area contributed by atoms with Gasteiger partial charge in [-0.15, -0.1) is 11.3 Å². The SMILES string of the molecule is c1ccc(-c2nc3ccc4c5cc(-c6cccc7c8ccccc8n(-c8cccc(-c9ccc%10sc%11ccccc%11c%10c9)c8)c67)ccc5n(-c5ccccc5)c4c3o2)cc1. The van der Waals surface area contributed by atoms with Crippen molar-refractivity contribution in [1.29, 1.82) is 0 Å². The summed E-state index contributed by atoms with van der Waals surface area (Å²) in [7, 11) is 0. The lowest BCUT2D eigenvalue weighted by molar-refractivity contribution is 0.622. The third-order valence-corrected chi connectivity index (χ3v) is 13.3. The van der Waals surface area contributed by atoms with E-state index in [0.29, 0.717) is 5.89 Å². The molecule has 9 aromatic carbocycles. The minimum absolute atomic E-state index is 0.618. The zero-order valence-electron chi connectivity index (χ0n) is 32.2. The van der Waals surface area contributed by atoms with Crippen molar-refractivity contribution in [2.45, 2.75) is 0 Å². The smallest absolute Gasteiger partial charge is 0.227 e. The van der Waals surface area contributed by atoms with Gasteiger partial charge in [0.1, 0.15) is 5.52 Å². The van der Waals surface area contributed by atoms with Crippen molar-refractivity contribution in [3.05, 3.63) is 200 Å². The van der Waals surface area contributed by atoms with Gasteiger partial charge in [-0.25, -0.2) is 4.98 Å². The molecule has 13 rings (SSSR count). The van der Waals surface area contributed by atoms with Crippen LogP contribution in [0.15, 0.2) is 205 Å². The van der Waals surface area contributed by atoms with E-state index < -0.39 is 0 Å². The van der Waals surface area contributed by atoms with E-state index in [4.69, 9.17) is 9.40 Å². The number of thiophene rings is 1. The minimum atomic E-state index is 0.618. The van der Waals surface area contributed by atoms with Crippen LogP contribution in [0.5, 0.6) is 0 Å². The highest BCUT2D eigenvalue weighted by molar-refractivity contribution is 7.25. The van der Waals surface area contributed by atoms with Crippen molar-refractivity contribution in [2.75, 3.05) is 0 Å². The number of oxazole rings is 1. The second kappa shape index (κ2) is 12.9. The van der Waals surface area contributed by atoms with Crippen LogP contribution in [-0.4, -0.2) is 14.1 Å². The van der Waals surface area contributed by atoms with E-state index in [1.165, 1.54) is 58.7 Å². The summed E-state index contributed by atoms with van der Waals surface area (Å²) < 4.78 is 14.1. The molecule has 0 spiro atoms. The first-order valence-corrected chi connectivity index (χ1v) is 21.1. The molecular formula is C55H33N3OS. The molecule has 280 valence electrons. The number of hydrogen-bond acceptors (Lipinski definition) is 3. The molecule has 0 saturated carbocycles. The number of para-hydroxylation sites is 3. The van der Waals surface area contributed by atoms with Crippen molar-refractivity contribution in [2.24, 2.45) is 0 Å². The van der Waals surface area contributed by atoms with E-state index in [9.17, 15) is 0 Å². The molecular weight excluding hydrogens is 751 g/mol. The number of nitrogens with zero attached hydrogens (tertiary/aromatic N) is 3. The molecule has 0 fully saturated rings. The van der Waals surface area contributed by atoms with Crippen molar-refractivity contribution < 1.29 is 4.42 Å². The maximum absolute atomic E-state index is 6.67. The number of rotatable bonds is 5. The van der Waals surface area contributed by atoms with Crippen LogP contribution in [0.4, 0.5) is 0 Å². The highest BCUT2D eigenvalue weighted by Crippen LogP contribution is 2.43. The van der Waals surface area contributed by atoms with Crippen LogP contribution >= 0.6 is 11.3 Å². The summed E-state index contributed by atoms with van der Waals surface area (Å²) in [4.78, 5) is 4.96. The summed E-state index contributed by atoms with van der Waals surface area (Å²) in [6, 6.07) is 72.1. The standard InChI is InChI=1S/C55H33N3OS/c1-3-13-34(14-4-1)55-56-47-28-27-44-45-33-37(25-29-49(45)57(53(44)54(47)59-55)38-16-5-2-6-17-38)40-21-12-22-43-41-19-7-9-23-48(41)58(52(40)43)39-18-11-15-35(31-39)36-26-30-51-46(32-36)42-20-8-10-24-50(42)60-51/h1-33H. The Balaban J connectivity index is 1.03. The quantitative estimate of drug-likeness (QED) is 0.174. The Hall–Kier alpha value is -7.73. The van der Waals surface area contributed by atoms with Gasteiger partial charge < -0.3 is 13.6 Å². The Morgan fingerprint density at radius 2 is 1.02 bits per heavy atom. The molecule has 0 unspecified atom stereocenters. The molecule has 0 radical (unpaired) electrons. The summed E-state index contributed by atoms with van der Waals surface area (Å²) >= 11 is 1.86. The number of hydrogen-bond donors (Lipinski definition) is 0. The normalized spacial score (nSPS) is 12.0. The van der Waals surface area contributed by atoms with Gasteiger partial charge in [-0.1, -0.05) is 115 Å². The van der Waals surface area contributed by atoms with Crippen LogP contribution in [0.2, 0.25) is 0 Å². The highest BCUT2D eigenvalue weighted by Gasteiger charge is 2.22. The molecule has 0 aliphatic carbocycles. The number of fused-ring (bicyclic) bond motifs is 11. The molecule has 5 heteroatoms. The molecule has 0 N–H and O–H groups in total. The average Bonchev–Trinajstić information content (AvgIpc) is 4.08.